The summed E-state index contributed by atoms with van der Waals surface area (Å²) in [4.78, 5) is 114. The van der Waals surface area contributed by atoms with Crippen molar-refractivity contribution in [2.24, 2.45) is 0 Å². The van der Waals surface area contributed by atoms with Gasteiger partial charge < -0.3 is 95.2 Å². The lowest BCUT2D eigenvalue weighted by atomic mass is 10.0. The van der Waals surface area contributed by atoms with E-state index in [1.54, 1.807) is 28.4 Å². The van der Waals surface area contributed by atoms with Crippen molar-refractivity contribution >= 4 is 53.2 Å². The molecule has 0 fully saturated rings. The Kier molecular flexibility index (Phi) is 56.8. The standard InChI is InChI=1S/C57H107N9O19/c1-76-28-13-6-5-10-22-58-52(70)41-47(18-20-50(68)62-26-33-81-35-38-83-44-55(73)59-23-11-7-14-29-77-2)65-53(71)42-48(19-21-51(69)63-27-34-82-36-39-84-45-56(74)60-24-12-8-15-30-78-3)66-54(72)43-64-57(75)46-85-40-37-80-32-25-61-49(67)17-9-16-31-79-4/h47-48H,5-46H2,1-4H3,(H,58,70)(H,59,73)(H,60,74)(H,61,67)(H,62,68)(H,63,69)(H,64,75)(H,65,71)(H,66,72). The molecule has 0 heterocycles. The van der Waals surface area contributed by atoms with Crippen molar-refractivity contribution in [3.05, 3.63) is 0 Å². The molecule has 0 aliphatic heterocycles. The Bertz CT molecular complexity index is 1740. The van der Waals surface area contributed by atoms with Crippen LogP contribution in [0, 0.1) is 0 Å². The Balaban J connectivity index is 5.39. The molecule has 9 amide bonds. The Morgan fingerprint density at radius 1 is 0.271 bits per heavy atom. The lowest BCUT2D eigenvalue weighted by molar-refractivity contribution is -0.130. The summed E-state index contributed by atoms with van der Waals surface area (Å²) in [5.41, 5.74) is 0. The molecular weight excluding hydrogens is 1110 g/mol. The van der Waals surface area contributed by atoms with Crippen LogP contribution in [0.25, 0.3) is 0 Å². The second kappa shape index (κ2) is 60.5. The van der Waals surface area contributed by atoms with E-state index in [-0.39, 0.29) is 166 Å². The van der Waals surface area contributed by atoms with Crippen molar-refractivity contribution < 1.29 is 90.5 Å². The van der Waals surface area contributed by atoms with Crippen LogP contribution in [-0.2, 0) is 90.5 Å². The van der Waals surface area contributed by atoms with Crippen LogP contribution in [0.15, 0.2) is 0 Å². The molecule has 0 saturated carbocycles. The van der Waals surface area contributed by atoms with Gasteiger partial charge in [0, 0.05) is 138 Å². The maximum atomic E-state index is 13.7. The van der Waals surface area contributed by atoms with E-state index in [0.29, 0.717) is 59.0 Å². The highest BCUT2D eigenvalue weighted by atomic mass is 16.5. The van der Waals surface area contributed by atoms with E-state index >= 15 is 0 Å². The minimum Gasteiger partial charge on any atom is -0.385 e. The molecule has 0 aliphatic carbocycles. The fourth-order valence-electron chi connectivity index (χ4n) is 7.72. The van der Waals surface area contributed by atoms with Crippen molar-refractivity contribution in [3.63, 3.8) is 0 Å². The van der Waals surface area contributed by atoms with Crippen LogP contribution >= 0.6 is 0 Å². The van der Waals surface area contributed by atoms with Crippen LogP contribution < -0.4 is 47.9 Å². The minimum absolute atomic E-state index is 0.0154. The summed E-state index contributed by atoms with van der Waals surface area (Å²) >= 11 is 0. The van der Waals surface area contributed by atoms with E-state index in [4.69, 9.17) is 47.4 Å². The average molecular weight is 1220 g/mol. The maximum Gasteiger partial charge on any atom is 0.246 e. The Morgan fingerprint density at radius 3 is 1.01 bits per heavy atom. The summed E-state index contributed by atoms with van der Waals surface area (Å²) in [7, 11) is 6.55. The van der Waals surface area contributed by atoms with E-state index in [2.05, 4.69) is 47.9 Å². The average Bonchev–Trinajstić information content (AvgIpc) is 3.51. The normalized spacial score (nSPS) is 11.7. The summed E-state index contributed by atoms with van der Waals surface area (Å²) in [6.07, 6.45) is 10.3. The zero-order valence-electron chi connectivity index (χ0n) is 51.6. The quantitative estimate of drug-likeness (QED) is 0.0358. The van der Waals surface area contributed by atoms with Gasteiger partial charge in [0.1, 0.15) is 19.8 Å². The lowest BCUT2D eigenvalue weighted by Gasteiger charge is -2.22. The molecule has 0 spiro atoms. The third-order valence-corrected chi connectivity index (χ3v) is 12.3. The Labute approximate surface area is 504 Å². The Hall–Kier alpha value is -5.17. The highest BCUT2D eigenvalue weighted by molar-refractivity contribution is 5.86. The van der Waals surface area contributed by atoms with Gasteiger partial charge >= 0.3 is 0 Å². The molecule has 9 N–H and O–H groups in total. The van der Waals surface area contributed by atoms with Gasteiger partial charge in [0.2, 0.25) is 53.2 Å². The number of rotatable bonds is 62. The summed E-state index contributed by atoms with van der Waals surface area (Å²) in [6, 6.07) is -1.68. The first kappa shape index (κ1) is 79.8. The molecule has 28 heteroatoms. The van der Waals surface area contributed by atoms with Crippen LogP contribution in [-0.4, -0.2) is 245 Å². The zero-order valence-corrected chi connectivity index (χ0v) is 51.6. The van der Waals surface area contributed by atoms with Gasteiger partial charge in [-0.15, -0.1) is 0 Å². The number of hydrogen-bond donors (Lipinski definition) is 9. The predicted molar refractivity (Wildman–Crippen MR) is 315 cm³/mol. The van der Waals surface area contributed by atoms with E-state index in [9.17, 15) is 43.2 Å². The summed E-state index contributed by atoms with van der Waals surface area (Å²) < 4.78 is 52.7. The van der Waals surface area contributed by atoms with Crippen molar-refractivity contribution in [2.45, 2.75) is 134 Å². The second-order valence-electron chi connectivity index (χ2n) is 19.8. The number of methoxy groups -OCH3 is 4. The first-order chi connectivity index (χ1) is 41.3. The van der Waals surface area contributed by atoms with Gasteiger partial charge in [-0.1, -0.05) is 12.8 Å². The number of carbonyl (C=O) groups excluding carboxylic acids is 9. The number of nitrogens with one attached hydrogen (secondary N) is 9. The van der Waals surface area contributed by atoms with Gasteiger partial charge in [-0.25, -0.2) is 0 Å². The van der Waals surface area contributed by atoms with E-state index in [0.717, 1.165) is 77.0 Å². The minimum atomic E-state index is -0.898. The molecule has 0 aromatic carbocycles. The van der Waals surface area contributed by atoms with Gasteiger partial charge in [-0.2, -0.15) is 0 Å². The third-order valence-electron chi connectivity index (χ3n) is 12.3. The molecule has 494 valence electrons. The van der Waals surface area contributed by atoms with E-state index in [1.165, 1.54) is 0 Å². The van der Waals surface area contributed by atoms with Crippen LogP contribution in [0.2, 0.25) is 0 Å². The van der Waals surface area contributed by atoms with Crippen LogP contribution in [0.3, 0.4) is 0 Å². The predicted octanol–water partition coefficient (Wildman–Crippen LogP) is -0.134. The van der Waals surface area contributed by atoms with Crippen molar-refractivity contribution in [2.75, 3.05) is 180 Å². The number of amides is 9. The number of ether oxygens (including phenoxy) is 10. The highest BCUT2D eigenvalue weighted by Crippen LogP contribution is 2.08. The number of unbranched alkanes of at least 4 members (excludes halogenated alkanes) is 8. The topological polar surface area (TPSA) is 354 Å². The van der Waals surface area contributed by atoms with Crippen LogP contribution in [0.5, 0.6) is 0 Å². The largest absolute Gasteiger partial charge is 0.385 e. The molecule has 0 aromatic rings. The zero-order chi connectivity index (χ0) is 62.5. The Morgan fingerprint density at radius 2 is 0.588 bits per heavy atom. The highest BCUT2D eigenvalue weighted by Gasteiger charge is 2.23. The molecule has 0 bridgehead atoms. The molecule has 85 heavy (non-hydrogen) atoms. The smallest absolute Gasteiger partial charge is 0.246 e. The van der Waals surface area contributed by atoms with Gasteiger partial charge in [0.25, 0.3) is 0 Å². The fraction of sp³-hybridized carbons (Fsp3) is 0.842. The number of hydrogen-bond acceptors (Lipinski definition) is 19. The van der Waals surface area contributed by atoms with Gasteiger partial charge in [-0.05, 0) is 77.0 Å². The third kappa shape index (κ3) is 57.7. The number of carbonyl (C=O) groups is 9. The van der Waals surface area contributed by atoms with Crippen molar-refractivity contribution in [1.29, 1.82) is 0 Å². The molecule has 0 aromatic heterocycles. The maximum absolute atomic E-state index is 13.7. The van der Waals surface area contributed by atoms with Gasteiger partial charge in [0.15, 0.2) is 0 Å². The summed E-state index contributed by atoms with van der Waals surface area (Å²) in [5.74, 6) is -3.36. The SMILES string of the molecule is COCCCCCCNC(=O)CC(CCC(=O)NCCOCCOCC(=O)NCCCCCOC)NC(=O)CC(CCC(=O)NCCOCCOCC(=O)NCCCCCOC)NC(=O)CNC(=O)COCCOCCNC(=O)CCCCOC. The molecule has 2 unspecified atom stereocenters. The summed E-state index contributed by atoms with van der Waals surface area (Å²) in [5, 5.41) is 24.8. The first-order valence-electron chi connectivity index (χ1n) is 30.2. The molecule has 0 aliphatic rings. The first-order valence-corrected chi connectivity index (χ1v) is 30.2. The molecule has 0 radical (unpaired) electrons. The van der Waals surface area contributed by atoms with Crippen LogP contribution in [0.1, 0.15) is 122 Å². The summed E-state index contributed by atoms with van der Waals surface area (Å²) in [6.45, 7) is 5.37. The van der Waals surface area contributed by atoms with E-state index in [1.807, 2.05) is 0 Å². The van der Waals surface area contributed by atoms with Crippen LogP contribution in [0.4, 0.5) is 0 Å². The van der Waals surface area contributed by atoms with Gasteiger partial charge in [-0.3, -0.25) is 43.2 Å². The second-order valence-corrected chi connectivity index (χ2v) is 19.8. The lowest BCUT2D eigenvalue weighted by Crippen LogP contribution is -2.46. The van der Waals surface area contributed by atoms with E-state index < -0.39 is 36.3 Å². The molecule has 0 saturated heterocycles. The van der Waals surface area contributed by atoms with Crippen molar-refractivity contribution in [3.8, 4) is 0 Å². The monoisotopic (exact) mass is 1220 g/mol. The molecule has 2 atom stereocenters. The molecule has 0 rings (SSSR count). The van der Waals surface area contributed by atoms with Crippen molar-refractivity contribution in [1.82, 2.24) is 47.9 Å². The fourth-order valence-corrected chi connectivity index (χ4v) is 7.72. The molecule has 28 nitrogen and oxygen atoms in total. The molecular formula is C57H107N9O19. The van der Waals surface area contributed by atoms with Gasteiger partial charge in [0.05, 0.1) is 66.0 Å².